The molecule has 0 spiro atoms. The Bertz CT molecular complexity index is 613. The van der Waals surface area contributed by atoms with E-state index in [9.17, 15) is 4.79 Å². The Morgan fingerprint density at radius 1 is 1.44 bits per heavy atom. The van der Waals surface area contributed by atoms with E-state index in [1.54, 1.807) is 29.6 Å². The topological polar surface area (TPSA) is 73.1 Å². The van der Waals surface area contributed by atoms with Gasteiger partial charge < -0.3 is 10.4 Å². The minimum Gasteiger partial charge on any atom is -0.477 e. The lowest BCUT2D eigenvalue weighted by Crippen LogP contribution is -2.04. The van der Waals surface area contributed by atoms with E-state index in [0.717, 1.165) is 11.3 Å². The third kappa shape index (κ3) is 2.67. The molecule has 0 aliphatic rings. The Kier molecular flexibility index (Phi) is 3.60. The molecule has 4 nitrogen and oxygen atoms in total. The van der Waals surface area contributed by atoms with Crippen molar-refractivity contribution >= 4 is 23.0 Å². The Balaban J connectivity index is 2.09. The number of benzene rings is 1. The predicted octanol–water partition coefficient (Wildman–Crippen LogP) is 2.93. The van der Waals surface area contributed by atoms with E-state index in [2.05, 4.69) is 11.4 Å². The van der Waals surface area contributed by atoms with Crippen molar-refractivity contribution in [1.29, 1.82) is 5.26 Å². The average molecular weight is 258 g/mol. The predicted molar refractivity (Wildman–Crippen MR) is 69.8 cm³/mol. The van der Waals surface area contributed by atoms with Gasteiger partial charge in [-0.1, -0.05) is 6.07 Å². The number of carboxylic acids is 1. The molecule has 1 heterocycles. The fourth-order valence-electron chi connectivity index (χ4n) is 1.56. The molecule has 1 aromatic heterocycles. The van der Waals surface area contributed by atoms with Gasteiger partial charge in [0.2, 0.25) is 0 Å². The van der Waals surface area contributed by atoms with Gasteiger partial charge in [0.1, 0.15) is 4.88 Å². The Labute approximate surface area is 108 Å². The van der Waals surface area contributed by atoms with Gasteiger partial charge in [0, 0.05) is 12.2 Å². The SMILES string of the molecule is N#Cc1cccc(NCc2ccsc2C(=O)O)c1. The van der Waals surface area contributed by atoms with Gasteiger partial charge in [-0.2, -0.15) is 5.26 Å². The molecule has 0 amide bonds. The van der Waals surface area contributed by atoms with E-state index in [1.165, 1.54) is 11.3 Å². The highest BCUT2D eigenvalue weighted by molar-refractivity contribution is 7.12. The molecule has 0 saturated heterocycles. The van der Waals surface area contributed by atoms with E-state index in [1.807, 2.05) is 6.07 Å². The van der Waals surface area contributed by atoms with Gasteiger partial charge in [0.05, 0.1) is 11.6 Å². The minimum absolute atomic E-state index is 0.346. The number of anilines is 1. The number of carboxylic acid groups (broad SMARTS) is 1. The van der Waals surface area contributed by atoms with E-state index in [0.29, 0.717) is 17.0 Å². The molecule has 2 aromatic rings. The Morgan fingerprint density at radius 3 is 3.00 bits per heavy atom. The molecule has 0 radical (unpaired) electrons. The standard InChI is InChI=1S/C13H10N2O2S/c14-7-9-2-1-3-11(6-9)15-8-10-4-5-18-12(10)13(16)17/h1-6,15H,8H2,(H,16,17). The zero-order valence-corrected chi connectivity index (χ0v) is 10.2. The Morgan fingerprint density at radius 2 is 2.28 bits per heavy atom. The Hall–Kier alpha value is -2.32. The molecule has 0 aliphatic heterocycles. The van der Waals surface area contributed by atoms with Crippen molar-refractivity contribution < 1.29 is 9.90 Å². The second-order valence-corrected chi connectivity index (χ2v) is 4.54. The lowest BCUT2D eigenvalue weighted by atomic mass is 10.2. The summed E-state index contributed by atoms with van der Waals surface area (Å²) in [6, 6.07) is 10.9. The first-order valence-electron chi connectivity index (χ1n) is 5.24. The maximum absolute atomic E-state index is 10.9. The highest BCUT2D eigenvalue weighted by Gasteiger charge is 2.10. The summed E-state index contributed by atoms with van der Waals surface area (Å²) in [5.41, 5.74) is 2.12. The van der Waals surface area contributed by atoms with E-state index in [4.69, 9.17) is 10.4 Å². The number of thiophene rings is 1. The van der Waals surface area contributed by atoms with Crippen LogP contribution in [0.4, 0.5) is 5.69 Å². The van der Waals surface area contributed by atoms with Gasteiger partial charge in [-0.3, -0.25) is 0 Å². The number of rotatable bonds is 4. The normalized spacial score (nSPS) is 9.72. The highest BCUT2D eigenvalue weighted by Crippen LogP contribution is 2.18. The van der Waals surface area contributed by atoms with Crippen LogP contribution in [0.5, 0.6) is 0 Å². The molecular formula is C13H10N2O2S. The number of hydrogen-bond donors (Lipinski definition) is 2. The molecule has 0 bridgehead atoms. The smallest absolute Gasteiger partial charge is 0.346 e. The second kappa shape index (κ2) is 5.34. The molecule has 0 saturated carbocycles. The number of carbonyl (C=O) groups is 1. The molecule has 5 heteroatoms. The van der Waals surface area contributed by atoms with Gasteiger partial charge in [0.25, 0.3) is 0 Å². The van der Waals surface area contributed by atoms with Crippen molar-refractivity contribution in [3.05, 3.63) is 51.7 Å². The van der Waals surface area contributed by atoms with Crippen molar-refractivity contribution in [1.82, 2.24) is 0 Å². The number of aromatic carboxylic acids is 1. The first-order chi connectivity index (χ1) is 8.70. The maximum atomic E-state index is 10.9. The minimum atomic E-state index is -0.910. The highest BCUT2D eigenvalue weighted by atomic mass is 32.1. The van der Waals surface area contributed by atoms with Crippen molar-refractivity contribution in [3.63, 3.8) is 0 Å². The molecule has 0 unspecified atom stereocenters. The van der Waals surface area contributed by atoms with Crippen LogP contribution in [0.25, 0.3) is 0 Å². The number of hydrogen-bond acceptors (Lipinski definition) is 4. The monoisotopic (exact) mass is 258 g/mol. The molecule has 0 atom stereocenters. The van der Waals surface area contributed by atoms with E-state index < -0.39 is 5.97 Å². The van der Waals surface area contributed by atoms with Gasteiger partial charge in [-0.25, -0.2) is 4.79 Å². The molecule has 0 aliphatic carbocycles. The maximum Gasteiger partial charge on any atom is 0.346 e. The zero-order chi connectivity index (χ0) is 13.0. The summed E-state index contributed by atoms with van der Waals surface area (Å²) in [6.45, 7) is 0.431. The molecule has 1 aromatic carbocycles. The molecule has 2 rings (SSSR count). The number of nitriles is 1. The first-order valence-corrected chi connectivity index (χ1v) is 6.12. The largest absolute Gasteiger partial charge is 0.477 e. The third-order valence-electron chi connectivity index (χ3n) is 2.42. The van der Waals surface area contributed by atoms with E-state index >= 15 is 0 Å². The van der Waals surface area contributed by atoms with Gasteiger partial charge in [-0.15, -0.1) is 11.3 Å². The third-order valence-corrected chi connectivity index (χ3v) is 3.36. The van der Waals surface area contributed by atoms with Gasteiger partial charge >= 0.3 is 5.97 Å². The zero-order valence-electron chi connectivity index (χ0n) is 9.38. The van der Waals surface area contributed by atoms with Crippen LogP contribution in [0.1, 0.15) is 20.8 Å². The van der Waals surface area contributed by atoms with Crippen LogP contribution in [-0.4, -0.2) is 11.1 Å². The first kappa shape index (κ1) is 12.1. The molecule has 2 N–H and O–H groups in total. The van der Waals surface area contributed by atoms with Crippen molar-refractivity contribution in [2.45, 2.75) is 6.54 Å². The summed E-state index contributed by atoms with van der Waals surface area (Å²) in [5, 5.41) is 22.6. The summed E-state index contributed by atoms with van der Waals surface area (Å²) in [7, 11) is 0. The molecule has 90 valence electrons. The molecular weight excluding hydrogens is 248 g/mol. The second-order valence-electron chi connectivity index (χ2n) is 3.63. The van der Waals surface area contributed by atoms with E-state index in [-0.39, 0.29) is 0 Å². The fraction of sp³-hybridized carbons (Fsp3) is 0.0769. The average Bonchev–Trinajstić information content (AvgIpc) is 2.85. The van der Waals surface area contributed by atoms with Crippen LogP contribution in [0, 0.1) is 11.3 Å². The fourth-order valence-corrected chi connectivity index (χ4v) is 2.32. The van der Waals surface area contributed by atoms with Crippen LogP contribution >= 0.6 is 11.3 Å². The van der Waals surface area contributed by atoms with Crippen LogP contribution in [0.3, 0.4) is 0 Å². The van der Waals surface area contributed by atoms with Crippen LogP contribution in [-0.2, 0) is 6.54 Å². The van der Waals surface area contributed by atoms with Crippen molar-refractivity contribution in [2.75, 3.05) is 5.32 Å². The quantitative estimate of drug-likeness (QED) is 0.884. The van der Waals surface area contributed by atoms with Gasteiger partial charge in [0.15, 0.2) is 0 Å². The molecule has 0 fully saturated rings. The summed E-state index contributed by atoms with van der Waals surface area (Å²) in [6.07, 6.45) is 0. The summed E-state index contributed by atoms with van der Waals surface area (Å²) in [5.74, 6) is -0.910. The van der Waals surface area contributed by atoms with Gasteiger partial charge in [-0.05, 0) is 35.2 Å². The molecule has 18 heavy (non-hydrogen) atoms. The lowest BCUT2D eigenvalue weighted by molar-refractivity contribution is 0.0701. The summed E-state index contributed by atoms with van der Waals surface area (Å²) < 4.78 is 0. The van der Waals surface area contributed by atoms with Crippen LogP contribution in [0.2, 0.25) is 0 Å². The van der Waals surface area contributed by atoms with Crippen LogP contribution < -0.4 is 5.32 Å². The lowest BCUT2D eigenvalue weighted by Gasteiger charge is -2.06. The summed E-state index contributed by atoms with van der Waals surface area (Å²) >= 11 is 1.21. The van der Waals surface area contributed by atoms with Crippen LogP contribution in [0.15, 0.2) is 35.7 Å². The van der Waals surface area contributed by atoms with Crippen molar-refractivity contribution in [3.8, 4) is 6.07 Å². The number of nitrogens with one attached hydrogen (secondary N) is 1. The van der Waals surface area contributed by atoms with Crippen molar-refractivity contribution in [2.24, 2.45) is 0 Å². The summed E-state index contributed by atoms with van der Waals surface area (Å²) in [4.78, 5) is 11.3. The number of nitrogens with zero attached hydrogens (tertiary/aromatic N) is 1.